The van der Waals surface area contributed by atoms with Gasteiger partial charge in [0, 0.05) is 10.8 Å². The zero-order chi connectivity index (χ0) is 16.9. The second kappa shape index (κ2) is 5.72. The summed E-state index contributed by atoms with van der Waals surface area (Å²) in [4.78, 5) is 0. The highest BCUT2D eigenvalue weighted by molar-refractivity contribution is 5.27. The van der Waals surface area contributed by atoms with Gasteiger partial charge in [0.05, 0.1) is 19.3 Å². The summed E-state index contributed by atoms with van der Waals surface area (Å²) in [5, 5.41) is 30.6. The Morgan fingerprint density at radius 2 is 1.87 bits per heavy atom. The van der Waals surface area contributed by atoms with Gasteiger partial charge in [-0.2, -0.15) is 0 Å². The van der Waals surface area contributed by atoms with Gasteiger partial charge in [0.25, 0.3) is 0 Å². The highest BCUT2D eigenvalue weighted by atomic mass is 16.3. The number of aliphatic hydroxyl groups excluding tert-OH is 3. The molecule has 2 saturated carbocycles. The molecule has 23 heavy (non-hydrogen) atoms. The lowest BCUT2D eigenvalue weighted by molar-refractivity contribution is -0.180. The third-order valence-corrected chi connectivity index (χ3v) is 7.62. The predicted octanol–water partition coefficient (Wildman–Crippen LogP) is 3.06. The molecule has 3 aliphatic rings. The van der Waals surface area contributed by atoms with Crippen LogP contribution in [0, 0.1) is 28.1 Å². The third kappa shape index (κ3) is 2.35. The first-order valence-corrected chi connectivity index (χ1v) is 9.10. The van der Waals surface area contributed by atoms with Crippen molar-refractivity contribution in [3.63, 3.8) is 0 Å². The quantitative estimate of drug-likeness (QED) is 0.700. The van der Waals surface area contributed by atoms with Gasteiger partial charge in [0.1, 0.15) is 0 Å². The monoisotopic (exact) mass is 320 g/mol. The van der Waals surface area contributed by atoms with E-state index in [0.717, 1.165) is 32.1 Å². The number of rotatable bonds is 3. The minimum absolute atomic E-state index is 0.0667. The molecule has 0 aromatic rings. The van der Waals surface area contributed by atoms with Crippen molar-refractivity contribution in [1.29, 1.82) is 0 Å². The molecule has 3 aliphatic carbocycles. The van der Waals surface area contributed by atoms with Crippen LogP contribution in [0.4, 0.5) is 0 Å². The van der Waals surface area contributed by atoms with E-state index in [-0.39, 0.29) is 30.0 Å². The van der Waals surface area contributed by atoms with E-state index in [9.17, 15) is 15.3 Å². The van der Waals surface area contributed by atoms with Gasteiger partial charge in [-0.25, -0.2) is 0 Å². The van der Waals surface area contributed by atoms with Crippen molar-refractivity contribution in [2.75, 3.05) is 13.2 Å². The van der Waals surface area contributed by atoms with Crippen LogP contribution in [0.1, 0.15) is 52.4 Å². The predicted molar refractivity (Wildman–Crippen MR) is 91.8 cm³/mol. The molecule has 0 aliphatic heterocycles. The van der Waals surface area contributed by atoms with Gasteiger partial charge in [0.2, 0.25) is 0 Å². The largest absolute Gasteiger partial charge is 0.396 e. The molecule has 0 unspecified atom stereocenters. The summed E-state index contributed by atoms with van der Waals surface area (Å²) < 4.78 is 0. The summed E-state index contributed by atoms with van der Waals surface area (Å²) in [6.45, 7) is 8.35. The van der Waals surface area contributed by atoms with Gasteiger partial charge in [-0.05, 0) is 55.8 Å². The molecular weight excluding hydrogens is 288 g/mol. The van der Waals surface area contributed by atoms with E-state index in [1.165, 1.54) is 0 Å². The van der Waals surface area contributed by atoms with E-state index in [1.807, 2.05) is 0 Å². The van der Waals surface area contributed by atoms with Crippen LogP contribution in [-0.4, -0.2) is 34.6 Å². The maximum absolute atomic E-state index is 10.5. The molecule has 130 valence electrons. The lowest BCUT2D eigenvalue weighted by Crippen LogP contribution is -2.60. The normalized spacial score (nSPS) is 45.6. The molecule has 0 amide bonds. The lowest BCUT2D eigenvalue weighted by atomic mass is 9.44. The van der Waals surface area contributed by atoms with Crippen molar-refractivity contribution < 1.29 is 15.3 Å². The molecule has 3 N–H and O–H groups in total. The molecule has 3 heteroatoms. The average Bonchev–Trinajstić information content (AvgIpc) is 2.55. The molecule has 0 spiro atoms. The van der Waals surface area contributed by atoms with Gasteiger partial charge in [-0.15, -0.1) is 6.58 Å². The van der Waals surface area contributed by atoms with Gasteiger partial charge in [-0.1, -0.05) is 31.6 Å². The molecule has 3 nitrogen and oxygen atoms in total. The highest BCUT2D eigenvalue weighted by Gasteiger charge is 2.60. The summed E-state index contributed by atoms with van der Waals surface area (Å²) in [5.41, 5.74) is 0.974. The first kappa shape index (κ1) is 17.2. The number of hydrogen-bond donors (Lipinski definition) is 3. The Morgan fingerprint density at radius 3 is 2.48 bits per heavy atom. The zero-order valence-electron chi connectivity index (χ0n) is 14.6. The van der Waals surface area contributed by atoms with Crippen LogP contribution in [0.5, 0.6) is 0 Å². The number of fused-ring (bicyclic) bond motifs is 3. The van der Waals surface area contributed by atoms with E-state index < -0.39 is 11.5 Å². The molecular formula is C20H32O3. The smallest absolute Gasteiger partial charge is 0.0643 e. The Kier molecular flexibility index (Phi) is 4.27. The Hall–Kier alpha value is -0.640. The van der Waals surface area contributed by atoms with Crippen LogP contribution in [0.2, 0.25) is 0 Å². The van der Waals surface area contributed by atoms with E-state index in [0.29, 0.717) is 12.3 Å². The molecule has 3 rings (SSSR count). The van der Waals surface area contributed by atoms with Crippen LogP contribution < -0.4 is 0 Å². The van der Waals surface area contributed by atoms with Crippen LogP contribution >= 0.6 is 0 Å². The van der Waals surface area contributed by atoms with E-state index in [1.54, 1.807) is 5.57 Å². The summed E-state index contributed by atoms with van der Waals surface area (Å²) in [5.74, 6) is 0.697. The van der Waals surface area contributed by atoms with E-state index in [2.05, 4.69) is 32.6 Å². The number of hydrogen-bond acceptors (Lipinski definition) is 3. The van der Waals surface area contributed by atoms with Gasteiger partial charge in [-0.3, -0.25) is 0 Å². The van der Waals surface area contributed by atoms with Crippen LogP contribution in [0.25, 0.3) is 0 Å². The average molecular weight is 320 g/mol. The minimum atomic E-state index is -0.738. The molecule has 0 saturated heterocycles. The van der Waals surface area contributed by atoms with E-state index in [4.69, 9.17) is 0 Å². The van der Waals surface area contributed by atoms with Crippen LogP contribution in [0.15, 0.2) is 24.3 Å². The maximum atomic E-state index is 10.5. The second-order valence-electron chi connectivity index (χ2n) is 8.72. The fraction of sp³-hybridized carbons (Fsp3) is 0.800. The van der Waals surface area contributed by atoms with Gasteiger partial charge >= 0.3 is 0 Å². The van der Waals surface area contributed by atoms with Gasteiger partial charge < -0.3 is 15.3 Å². The van der Waals surface area contributed by atoms with Crippen molar-refractivity contribution >= 4 is 0 Å². The molecule has 0 heterocycles. The Labute approximate surface area is 140 Å². The standard InChI is InChI=1S/C20H32O3/c1-4-18(2)9-7-15-14(11-18)5-6-16-19(15,3)10-8-17(23)20(16,12-21)13-22/h4,11,15-17,21-23H,1,5-10,12-13H2,2-3H3/t15-,16+,17-,18-,19+/m0/s1. The maximum Gasteiger partial charge on any atom is 0.0643 e. The Bertz CT molecular complexity index is 507. The third-order valence-electron chi connectivity index (χ3n) is 7.62. The highest BCUT2D eigenvalue weighted by Crippen LogP contribution is 2.63. The molecule has 0 radical (unpaired) electrons. The molecule has 5 atom stereocenters. The van der Waals surface area contributed by atoms with Crippen molar-refractivity contribution in [2.45, 2.75) is 58.5 Å². The first-order valence-electron chi connectivity index (χ1n) is 9.10. The zero-order valence-corrected chi connectivity index (χ0v) is 14.6. The first-order chi connectivity index (χ1) is 10.8. The van der Waals surface area contributed by atoms with E-state index >= 15 is 0 Å². The van der Waals surface area contributed by atoms with Crippen molar-refractivity contribution in [3.8, 4) is 0 Å². The van der Waals surface area contributed by atoms with Gasteiger partial charge in [0.15, 0.2) is 0 Å². The van der Waals surface area contributed by atoms with Crippen molar-refractivity contribution in [2.24, 2.45) is 28.1 Å². The molecule has 0 aromatic carbocycles. The fourth-order valence-corrected chi connectivity index (χ4v) is 6.02. The molecule has 2 fully saturated rings. The molecule has 0 aromatic heterocycles. The fourth-order valence-electron chi connectivity index (χ4n) is 6.02. The van der Waals surface area contributed by atoms with Crippen LogP contribution in [0.3, 0.4) is 0 Å². The second-order valence-corrected chi connectivity index (χ2v) is 8.72. The summed E-state index contributed by atoms with van der Waals surface area (Å²) >= 11 is 0. The number of aliphatic hydroxyl groups is 3. The summed E-state index contributed by atoms with van der Waals surface area (Å²) in [6, 6.07) is 0. The summed E-state index contributed by atoms with van der Waals surface area (Å²) in [6.07, 6.45) is 9.78. The minimum Gasteiger partial charge on any atom is -0.396 e. The lowest BCUT2D eigenvalue weighted by Gasteiger charge is -2.61. The Morgan fingerprint density at radius 1 is 1.17 bits per heavy atom. The van der Waals surface area contributed by atoms with Crippen LogP contribution in [-0.2, 0) is 0 Å². The van der Waals surface area contributed by atoms with Crippen molar-refractivity contribution in [3.05, 3.63) is 24.3 Å². The number of allylic oxidation sites excluding steroid dienone is 3. The SMILES string of the molecule is C=C[C@]1(C)C=C2CC[C@H]3C(CO)(CO)[C@@H](O)CC[C@]3(C)[C@H]2CC1. The summed E-state index contributed by atoms with van der Waals surface area (Å²) in [7, 11) is 0. The van der Waals surface area contributed by atoms with Crippen molar-refractivity contribution in [1.82, 2.24) is 0 Å². The Balaban J connectivity index is 2.00. The topological polar surface area (TPSA) is 60.7 Å². The molecule has 0 bridgehead atoms.